The lowest BCUT2D eigenvalue weighted by molar-refractivity contribution is 0.205. The molecule has 0 radical (unpaired) electrons. The second-order valence-electron chi connectivity index (χ2n) is 6.70. The quantitative estimate of drug-likeness (QED) is 0.815. The van der Waals surface area contributed by atoms with Gasteiger partial charge in [-0.2, -0.15) is 0 Å². The summed E-state index contributed by atoms with van der Waals surface area (Å²) in [4.78, 5) is 2.58. The van der Waals surface area contributed by atoms with Crippen molar-refractivity contribution in [1.82, 2.24) is 10.2 Å². The van der Waals surface area contributed by atoms with Crippen LogP contribution in [0.25, 0.3) is 0 Å². The van der Waals surface area contributed by atoms with Gasteiger partial charge < -0.3 is 15.0 Å². The molecule has 1 aromatic carbocycles. The van der Waals surface area contributed by atoms with Gasteiger partial charge in [-0.1, -0.05) is 18.6 Å². The van der Waals surface area contributed by atoms with Crippen molar-refractivity contribution in [3.63, 3.8) is 0 Å². The third-order valence-corrected chi connectivity index (χ3v) is 5.03. The summed E-state index contributed by atoms with van der Waals surface area (Å²) in [6.45, 7) is 6.89. The molecule has 0 atom stereocenters. The lowest BCUT2D eigenvalue weighted by Gasteiger charge is -2.26. The maximum atomic E-state index is 5.90. The predicted octanol–water partition coefficient (Wildman–Crippen LogP) is 3.41. The number of piperidine rings is 2. The average Bonchev–Trinajstić information content (AvgIpc) is 2.61. The molecule has 3 heteroatoms. The second-order valence-corrected chi connectivity index (χ2v) is 6.70. The van der Waals surface area contributed by atoms with Gasteiger partial charge >= 0.3 is 0 Å². The summed E-state index contributed by atoms with van der Waals surface area (Å²) in [6, 6.07) is 8.82. The minimum atomic E-state index is 0.731. The molecule has 2 saturated heterocycles. The fourth-order valence-electron chi connectivity index (χ4n) is 3.65. The maximum Gasteiger partial charge on any atom is 0.119 e. The molecule has 0 bridgehead atoms. The van der Waals surface area contributed by atoms with E-state index in [9.17, 15) is 0 Å². The number of nitrogens with zero attached hydrogens (tertiary/aromatic N) is 1. The molecule has 0 aliphatic carbocycles. The highest BCUT2D eigenvalue weighted by atomic mass is 16.5. The van der Waals surface area contributed by atoms with E-state index in [0.29, 0.717) is 0 Å². The van der Waals surface area contributed by atoms with Crippen molar-refractivity contribution in [3.8, 4) is 5.75 Å². The largest absolute Gasteiger partial charge is 0.494 e. The van der Waals surface area contributed by atoms with Crippen molar-refractivity contribution in [2.24, 2.45) is 0 Å². The Morgan fingerprint density at radius 1 is 1.00 bits per heavy atom. The predicted molar refractivity (Wildman–Crippen MR) is 91.7 cm³/mol. The number of rotatable bonds is 6. The van der Waals surface area contributed by atoms with Crippen LogP contribution in [0.4, 0.5) is 0 Å². The summed E-state index contributed by atoms with van der Waals surface area (Å²) in [7, 11) is 0. The van der Waals surface area contributed by atoms with Crippen LogP contribution < -0.4 is 10.1 Å². The van der Waals surface area contributed by atoms with Crippen LogP contribution in [0.1, 0.15) is 50.0 Å². The van der Waals surface area contributed by atoms with Crippen LogP contribution in [0.3, 0.4) is 0 Å². The normalized spacial score (nSPS) is 20.9. The SMILES string of the molecule is c1cc(C2CCNCC2)ccc1OCCCN1CCCCC1. The van der Waals surface area contributed by atoms with Crippen molar-refractivity contribution < 1.29 is 4.74 Å². The molecular weight excluding hydrogens is 272 g/mol. The van der Waals surface area contributed by atoms with Crippen molar-refractivity contribution >= 4 is 0 Å². The average molecular weight is 302 g/mol. The highest BCUT2D eigenvalue weighted by Gasteiger charge is 2.14. The molecule has 1 N–H and O–H groups in total. The molecule has 122 valence electrons. The number of hydrogen-bond donors (Lipinski definition) is 1. The molecule has 22 heavy (non-hydrogen) atoms. The minimum Gasteiger partial charge on any atom is -0.494 e. The molecule has 1 aromatic rings. The molecule has 0 aromatic heterocycles. The van der Waals surface area contributed by atoms with E-state index in [1.807, 2.05) is 0 Å². The molecule has 2 fully saturated rings. The monoisotopic (exact) mass is 302 g/mol. The van der Waals surface area contributed by atoms with Crippen LogP contribution in [0.5, 0.6) is 5.75 Å². The zero-order chi connectivity index (χ0) is 15.0. The minimum absolute atomic E-state index is 0.731. The summed E-state index contributed by atoms with van der Waals surface area (Å²) in [5.74, 6) is 1.76. The van der Waals surface area contributed by atoms with E-state index in [1.54, 1.807) is 0 Å². The molecule has 2 aliphatic heterocycles. The Morgan fingerprint density at radius 2 is 1.73 bits per heavy atom. The fourth-order valence-corrected chi connectivity index (χ4v) is 3.65. The van der Waals surface area contributed by atoms with Crippen molar-refractivity contribution in [3.05, 3.63) is 29.8 Å². The standard InChI is InChI=1S/C19H30N2O/c1-2-13-21(14-3-1)15-4-16-22-19-7-5-17(6-8-19)18-9-11-20-12-10-18/h5-8,18,20H,1-4,9-16H2. The zero-order valence-corrected chi connectivity index (χ0v) is 13.7. The topological polar surface area (TPSA) is 24.5 Å². The zero-order valence-electron chi connectivity index (χ0n) is 13.7. The third-order valence-electron chi connectivity index (χ3n) is 5.03. The van der Waals surface area contributed by atoms with Gasteiger partial charge in [0.25, 0.3) is 0 Å². The Bertz CT molecular complexity index is 420. The van der Waals surface area contributed by atoms with Crippen LogP contribution >= 0.6 is 0 Å². The van der Waals surface area contributed by atoms with E-state index in [2.05, 4.69) is 34.5 Å². The van der Waals surface area contributed by atoms with Gasteiger partial charge in [-0.3, -0.25) is 0 Å². The van der Waals surface area contributed by atoms with E-state index in [1.165, 1.54) is 57.3 Å². The van der Waals surface area contributed by atoms with Gasteiger partial charge in [0.1, 0.15) is 5.75 Å². The van der Waals surface area contributed by atoms with Crippen LogP contribution in [-0.2, 0) is 0 Å². The molecular formula is C19H30N2O. The first kappa shape index (κ1) is 15.8. The number of hydrogen-bond acceptors (Lipinski definition) is 3. The van der Waals surface area contributed by atoms with Gasteiger partial charge in [0.15, 0.2) is 0 Å². The highest BCUT2D eigenvalue weighted by molar-refractivity contribution is 5.29. The van der Waals surface area contributed by atoms with Crippen molar-refractivity contribution in [2.45, 2.75) is 44.4 Å². The molecule has 2 heterocycles. The highest BCUT2D eigenvalue weighted by Crippen LogP contribution is 2.26. The van der Waals surface area contributed by atoms with Crippen molar-refractivity contribution in [2.75, 3.05) is 39.3 Å². The summed E-state index contributed by atoms with van der Waals surface area (Å²) >= 11 is 0. The van der Waals surface area contributed by atoms with Gasteiger partial charge in [0.05, 0.1) is 6.61 Å². The van der Waals surface area contributed by atoms with Gasteiger partial charge in [-0.25, -0.2) is 0 Å². The molecule has 0 amide bonds. The lowest BCUT2D eigenvalue weighted by atomic mass is 9.90. The smallest absolute Gasteiger partial charge is 0.119 e. The summed E-state index contributed by atoms with van der Waals surface area (Å²) in [6.07, 6.45) is 7.82. The first-order valence-electron chi connectivity index (χ1n) is 9.08. The molecule has 0 saturated carbocycles. The van der Waals surface area contributed by atoms with Crippen molar-refractivity contribution in [1.29, 1.82) is 0 Å². The number of nitrogens with one attached hydrogen (secondary N) is 1. The summed E-state index contributed by atoms with van der Waals surface area (Å²) in [5, 5.41) is 3.43. The van der Waals surface area contributed by atoms with Crippen LogP contribution in [0, 0.1) is 0 Å². The van der Waals surface area contributed by atoms with Gasteiger partial charge in [-0.15, -0.1) is 0 Å². The van der Waals surface area contributed by atoms with Crippen LogP contribution in [0.15, 0.2) is 24.3 Å². The summed E-state index contributed by atoms with van der Waals surface area (Å²) < 4.78 is 5.90. The van der Waals surface area contributed by atoms with E-state index >= 15 is 0 Å². The van der Waals surface area contributed by atoms with Gasteiger partial charge in [-0.05, 0) is 81.9 Å². The van der Waals surface area contributed by atoms with Gasteiger partial charge in [0, 0.05) is 6.54 Å². The number of ether oxygens (including phenoxy) is 1. The van der Waals surface area contributed by atoms with E-state index in [0.717, 1.165) is 37.8 Å². The van der Waals surface area contributed by atoms with Gasteiger partial charge in [0.2, 0.25) is 0 Å². The Balaban J connectivity index is 1.37. The number of likely N-dealkylation sites (tertiary alicyclic amines) is 1. The van der Waals surface area contributed by atoms with Crippen LogP contribution in [0.2, 0.25) is 0 Å². The Kier molecular flexibility index (Phi) is 6.14. The van der Waals surface area contributed by atoms with Crippen LogP contribution in [-0.4, -0.2) is 44.2 Å². The Hall–Kier alpha value is -1.06. The molecule has 2 aliphatic rings. The number of benzene rings is 1. The Labute approximate surface area is 135 Å². The van der Waals surface area contributed by atoms with E-state index in [4.69, 9.17) is 4.74 Å². The fraction of sp³-hybridized carbons (Fsp3) is 0.684. The van der Waals surface area contributed by atoms with E-state index in [-0.39, 0.29) is 0 Å². The second kappa shape index (κ2) is 8.54. The first-order valence-corrected chi connectivity index (χ1v) is 9.08. The maximum absolute atomic E-state index is 5.90. The Morgan fingerprint density at radius 3 is 2.45 bits per heavy atom. The third kappa shape index (κ3) is 4.72. The molecule has 3 nitrogen and oxygen atoms in total. The summed E-state index contributed by atoms with van der Waals surface area (Å²) in [5.41, 5.74) is 1.47. The van der Waals surface area contributed by atoms with E-state index < -0.39 is 0 Å². The molecule has 0 spiro atoms. The molecule has 3 rings (SSSR count). The first-order chi connectivity index (χ1) is 10.9. The lowest BCUT2D eigenvalue weighted by Crippen LogP contribution is -2.31. The molecule has 0 unspecified atom stereocenters.